The van der Waals surface area contributed by atoms with Crippen molar-refractivity contribution in [2.24, 2.45) is 5.73 Å². The summed E-state index contributed by atoms with van der Waals surface area (Å²) in [7, 11) is 0. The van der Waals surface area contributed by atoms with E-state index in [0.29, 0.717) is 5.56 Å². The van der Waals surface area contributed by atoms with Gasteiger partial charge in [-0.05, 0) is 18.6 Å². The fourth-order valence-electron chi connectivity index (χ4n) is 2.11. The molecule has 0 fully saturated rings. The largest absolute Gasteiger partial charge is 0.449 e. The van der Waals surface area contributed by atoms with Gasteiger partial charge in [-0.25, -0.2) is 0 Å². The van der Waals surface area contributed by atoms with E-state index in [4.69, 9.17) is 11.0 Å². The van der Waals surface area contributed by atoms with Gasteiger partial charge < -0.3 is 10.5 Å². The third kappa shape index (κ3) is 2.23. The van der Waals surface area contributed by atoms with E-state index in [1.807, 2.05) is 6.07 Å². The van der Waals surface area contributed by atoms with Crippen molar-refractivity contribution in [1.29, 1.82) is 5.26 Å². The number of hydrogen-bond donors (Lipinski definition) is 1. The number of halogens is 3. The first-order valence-corrected chi connectivity index (χ1v) is 5.73. The van der Waals surface area contributed by atoms with Crippen LogP contribution in [0.1, 0.15) is 12.5 Å². The number of rotatable bonds is 1. The second-order valence-corrected chi connectivity index (χ2v) is 4.53. The SMILES string of the molecule is C[C@]1(c2ccccc2)C=C(C(F)(F)F)OC(N)=C1C#N. The lowest BCUT2D eigenvalue weighted by Crippen LogP contribution is -2.33. The molecule has 2 N–H and O–H groups in total. The van der Waals surface area contributed by atoms with Crippen LogP contribution in [0.15, 0.2) is 53.6 Å². The molecule has 6 heteroatoms. The second kappa shape index (κ2) is 4.60. The van der Waals surface area contributed by atoms with Gasteiger partial charge in [0, 0.05) is 0 Å². The molecule has 1 aliphatic heterocycles. The van der Waals surface area contributed by atoms with Gasteiger partial charge in [0.15, 0.2) is 0 Å². The van der Waals surface area contributed by atoms with Crippen molar-refractivity contribution < 1.29 is 17.9 Å². The number of alkyl halides is 3. The van der Waals surface area contributed by atoms with E-state index in [-0.39, 0.29) is 5.57 Å². The molecule has 1 atom stereocenters. The fraction of sp³-hybridized carbons (Fsp3) is 0.214. The second-order valence-electron chi connectivity index (χ2n) is 4.53. The maximum Gasteiger partial charge on any atom is 0.449 e. The lowest BCUT2D eigenvalue weighted by molar-refractivity contribution is -0.126. The number of allylic oxidation sites excluding steroid dienone is 3. The number of benzene rings is 1. The molecule has 1 heterocycles. The highest BCUT2D eigenvalue weighted by molar-refractivity contribution is 5.50. The van der Waals surface area contributed by atoms with Crippen molar-refractivity contribution in [2.75, 3.05) is 0 Å². The summed E-state index contributed by atoms with van der Waals surface area (Å²) >= 11 is 0. The average molecular weight is 280 g/mol. The van der Waals surface area contributed by atoms with E-state index in [9.17, 15) is 13.2 Å². The molecule has 0 aliphatic carbocycles. The lowest BCUT2D eigenvalue weighted by atomic mass is 9.75. The maximum atomic E-state index is 12.9. The van der Waals surface area contributed by atoms with Crippen LogP contribution < -0.4 is 5.73 Å². The third-order valence-corrected chi connectivity index (χ3v) is 3.17. The minimum atomic E-state index is -4.67. The van der Waals surface area contributed by atoms with Crippen LogP contribution in [0, 0.1) is 11.3 Å². The molecule has 0 radical (unpaired) electrons. The molecule has 1 aliphatic rings. The highest BCUT2D eigenvalue weighted by Crippen LogP contribution is 2.42. The van der Waals surface area contributed by atoms with Crippen molar-refractivity contribution >= 4 is 0 Å². The van der Waals surface area contributed by atoms with Crippen LogP contribution in [0.25, 0.3) is 0 Å². The smallest absolute Gasteiger partial charge is 0.436 e. The van der Waals surface area contributed by atoms with E-state index in [1.165, 1.54) is 6.92 Å². The Morgan fingerprint density at radius 3 is 2.35 bits per heavy atom. The minimum Gasteiger partial charge on any atom is -0.436 e. The predicted molar refractivity (Wildman–Crippen MR) is 65.8 cm³/mol. The molecule has 1 aromatic rings. The van der Waals surface area contributed by atoms with Crippen LogP contribution in [0.4, 0.5) is 13.2 Å². The van der Waals surface area contributed by atoms with Crippen LogP contribution in [-0.2, 0) is 10.2 Å². The molecule has 0 bridgehead atoms. The number of nitrogens with two attached hydrogens (primary N) is 1. The van der Waals surface area contributed by atoms with Gasteiger partial charge in [-0.3, -0.25) is 0 Å². The zero-order valence-electron chi connectivity index (χ0n) is 10.5. The quantitative estimate of drug-likeness (QED) is 0.859. The molecular formula is C14H11F3N2O. The van der Waals surface area contributed by atoms with Crippen molar-refractivity contribution in [3.63, 3.8) is 0 Å². The first-order valence-electron chi connectivity index (χ1n) is 5.73. The van der Waals surface area contributed by atoms with Crippen molar-refractivity contribution in [3.05, 3.63) is 59.2 Å². The molecule has 0 saturated heterocycles. The number of nitriles is 1. The summed E-state index contributed by atoms with van der Waals surface area (Å²) in [5, 5.41) is 9.17. The summed E-state index contributed by atoms with van der Waals surface area (Å²) in [5.74, 6) is -1.73. The van der Waals surface area contributed by atoms with E-state index in [2.05, 4.69) is 4.74 Å². The summed E-state index contributed by atoms with van der Waals surface area (Å²) in [5.41, 5.74) is 4.70. The highest BCUT2D eigenvalue weighted by Gasteiger charge is 2.45. The zero-order valence-corrected chi connectivity index (χ0v) is 10.5. The number of nitrogens with zero attached hydrogens (tertiary/aromatic N) is 1. The highest BCUT2D eigenvalue weighted by atomic mass is 19.4. The van der Waals surface area contributed by atoms with E-state index < -0.39 is 23.2 Å². The van der Waals surface area contributed by atoms with Gasteiger partial charge in [-0.2, -0.15) is 18.4 Å². The fourth-order valence-corrected chi connectivity index (χ4v) is 2.11. The van der Waals surface area contributed by atoms with Gasteiger partial charge in [-0.1, -0.05) is 30.3 Å². The first kappa shape index (κ1) is 14.0. The normalized spacial score (nSPS) is 22.9. The standard InChI is InChI=1S/C14H11F3N2O/c1-13(9-5-3-2-4-6-9)7-11(14(15,16)17)20-12(19)10(13)8-18/h2-7H,19H2,1H3/t13-/m1/s1. The van der Waals surface area contributed by atoms with Gasteiger partial charge >= 0.3 is 6.18 Å². The Morgan fingerprint density at radius 1 is 1.25 bits per heavy atom. The van der Waals surface area contributed by atoms with E-state index in [0.717, 1.165) is 6.08 Å². The maximum absolute atomic E-state index is 12.9. The van der Waals surface area contributed by atoms with Crippen LogP contribution in [-0.4, -0.2) is 6.18 Å². The summed E-state index contributed by atoms with van der Waals surface area (Å²) in [6.07, 6.45) is -3.78. The Morgan fingerprint density at radius 2 is 1.85 bits per heavy atom. The minimum absolute atomic E-state index is 0.0447. The third-order valence-electron chi connectivity index (χ3n) is 3.17. The molecule has 0 saturated carbocycles. The summed E-state index contributed by atoms with van der Waals surface area (Å²) in [4.78, 5) is 0. The van der Waals surface area contributed by atoms with Crippen LogP contribution in [0.3, 0.4) is 0 Å². The van der Waals surface area contributed by atoms with Crippen LogP contribution >= 0.6 is 0 Å². The summed E-state index contributed by atoms with van der Waals surface area (Å²) in [6, 6.07) is 10.2. The molecule has 1 aromatic carbocycles. The van der Waals surface area contributed by atoms with Gasteiger partial charge in [0.2, 0.25) is 11.6 Å². The van der Waals surface area contributed by atoms with Gasteiger partial charge in [-0.15, -0.1) is 0 Å². The van der Waals surface area contributed by atoms with Gasteiger partial charge in [0.1, 0.15) is 11.6 Å². The van der Waals surface area contributed by atoms with Gasteiger partial charge in [0.25, 0.3) is 0 Å². The van der Waals surface area contributed by atoms with Crippen LogP contribution in [0.2, 0.25) is 0 Å². The molecule has 2 rings (SSSR count). The lowest BCUT2D eigenvalue weighted by Gasteiger charge is -2.32. The molecule has 3 nitrogen and oxygen atoms in total. The topological polar surface area (TPSA) is 59.0 Å². The molecular weight excluding hydrogens is 269 g/mol. The van der Waals surface area contributed by atoms with Crippen molar-refractivity contribution in [3.8, 4) is 6.07 Å². The molecule has 20 heavy (non-hydrogen) atoms. The van der Waals surface area contributed by atoms with Crippen molar-refractivity contribution in [1.82, 2.24) is 0 Å². The van der Waals surface area contributed by atoms with E-state index in [1.54, 1.807) is 30.3 Å². The Bertz CT molecular complexity index is 626. The zero-order chi connectivity index (χ0) is 15.0. The monoisotopic (exact) mass is 280 g/mol. The molecule has 0 unspecified atom stereocenters. The number of ether oxygens (including phenoxy) is 1. The molecule has 104 valence electrons. The Balaban J connectivity index is 2.65. The molecule has 0 aromatic heterocycles. The Labute approximate surface area is 113 Å². The van der Waals surface area contributed by atoms with Crippen LogP contribution in [0.5, 0.6) is 0 Å². The molecule has 0 amide bonds. The predicted octanol–water partition coefficient (Wildman–Crippen LogP) is 3.11. The van der Waals surface area contributed by atoms with Gasteiger partial charge in [0.05, 0.1) is 5.41 Å². The average Bonchev–Trinajstić information content (AvgIpc) is 2.38. The summed E-state index contributed by atoms with van der Waals surface area (Å²) in [6.45, 7) is 1.50. The Hall–Kier alpha value is -2.42. The van der Waals surface area contributed by atoms with E-state index >= 15 is 0 Å². The number of hydrogen-bond acceptors (Lipinski definition) is 3. The summed E-state index contributed by atoms with van der Waals surface area (Å²) < 4.78 is 43.1. The first-order chi connectivity index (χ1) is 9.29. The Kier molecular flexibility index (Phi) is 3.22. The molecule has 0 spiro atoms. The van der Waals surface area contributed by atoms with Crippen molar-refractivity contribution in [2.45, 2.75) is 18.5 Å².